The van der Waals surface area contributed by atoms with E-state index in [-0.39, 0.29) is 24.8 Å². The molecule has 162 valence electrons. The second-order valence-corrected chi connectivity index (χ2v) is 8.21. The van der Waals surface area contributed by atoms with Crippen LogP contribution in [0.2, 0.25) is 0 Å². The highest BCUT2D eigenvalue weighted by atomic mass is 32.2. The minimum atomic E-state index is -0.392. The smallest absolute Gasteiger partial charge is 0.307 e. The Labute approximate surface area is 185 Å². The first-order chi connectivity index (χ1) is 15.5. The number of carbonyl (C=O) groups excluding carboxylic acids is 2. The van der Waals surface area contributed by atoms with Crippen molar-refractivity contribution in [3.63, 3.8) is 0 Å². The van der Waals surface area contributed by atoms with Gasteiger partial charge in [-0.05, 0) is 42.5 Å². The summed E-state index contributed by atoms with van der Waals surface area (Å²) in [6, 6.07) is 11.2. The van der Waals surface area contributed by atoms with Crippen LogP contribution in [-0.4, -0.2) is 51.4 Å². The summed E-state index contributed by atoms with van der Waals surface area (Å²) in [6.45, 7) is -0.0425. The summed E-state index contributed by atoms with van der Waals surface area (Å²) < 4.78 is 25.2. The van der Waals surface area contributed by atoms with Crippen molar-refractivity contribution >= 4 is 35.0 Å². The van der Waals surface area contributed by atoms with Gasteiger partial charge in [0.1, 0.15) is 11.6 Å². The maximum Gasteiger partial charge on any atom is 0.307 e. The maximum absolute atomic E-state index is 13.4. The highest BCUT2D eigenvalue weighted by Gasteiger charge is 2.32. The number of hydrogen-bond donors (Lipinski definition) is 1. The molecule has 0 fully saturated rings. The van der Waals surface area contributed by atoms with Gasteiger partial charge in [-0.15, -0.1) is 10.2 Å². The predicted octanol–water partition coefficient (Wildman–Crippen LogP) is 2.70. The zero-order valence-corrected chi connectivity index (χ0v) is 17.6. The molecule has 9 nitrogen and oxygen atoms in total. The highest BCUT2D eigenvalue weighted by molar-refractivity contribution is 8.00. The van der Waals surface area contributed by atoms with Gasteiger partial charge in [0, 0.05) is 11.1 Å². The normalized spacial score (nSPS) is 16.9. The number of thioether (sulfide) groups is 1. The number of rotatable bonds is 4. The fourth-order valence-corrected chi connectivity index (χ4v) is 4.51. The lowest BCUT2D eigenvalue weighted by Gasteiger charge is -2.24. The Morgan fingerprint density at radius 3 is 2.81 bits per heavy atom. The van der Waals surface area contributed by atoms with Crippen molar-refractivity contribution < 1.29 is 23.5 Å². The van der Waals surface area contributed by atoms with Crippen molar-refractivity contribution in [3.8, 4) is 17.1 Å². The van der Waals surface area contributed by atoms with E-state index in [1.807, 2.05) is 6.07 Å². The van der Waals surface area contributed by atoms with Gasteiger partial charge in [-0.1, -0.05) is 11.8 Å². The van der Waals surface area contributed by atoms with Gasteiger partial charge in [-0.2, -0.15) is 9.78 Å². The van der Waals surface area contributed by atoms with Crippen molar-refractivity contribution in [3.05, 3.63) is 53.8 Å². The summed E-state index contributed by atoms with van der Waals surface area (Å²) in [5.74, 6) is -0.00544. The van der Waals surface area contributed by atoms with Crippen molar-refractivity contribution in [2.75, 3.05) is 19.0 Å². The summed E-state index contributed by atoms with van der Waals surface area (Å²) >= 11 is 1.33. The third-order valence-electron chi connectivity index (χ3n) is 4.96. The van der Waals surface area contributed by atoms with E-state index < -0.39 is 11.2 Å². The molecule has 32 heavy (non-hydrogen) atoms. The van der Waals surface area contributed by atoms with Gasteiger partial charge in [0.25, 0.3) is 5.91 Å². The average Bonchev–Trinajstić information content (AvgIpc) is 3.21. The number of aromatic nitrogens is 3. The van der Waals surface area contributed by atoms with Gasteiger partial charge in [0.2, 0.25) is 5.16 Å². The number of hydrogen-bond acceptors (Lipinski definition) is 8. The van der Waals surface area contributed by atoms with Crippen molar-refractivity contribution in [2.24, 2.45) is 5.10 Å². The van der Waals surface area contributed by atoms with Crippen LogP contribution >= 0.6 is 11.8 Å². The third kappa shape index (κ3) is 3.71. The molecule has 1 atom stereocenters. The molecule has 2 aliphatic heterocycles. The molecule has 0 spiro atoms. The van der Waals surface area contributed by atoms with Gasteiger partial charge in [0.15, 0.2) is 12.4 Å². The maximum atomic E-state index is 13.4. The fourth-order valence-electron chi connectivity index (χ4n) is 3.42. The third-order valence-corrected chi connectivity index (χ3v) is 6.10. The molecular formula is C21H16FN5O4S. The molecule has 2 aliphatic rings. The molecular weight excluding hydrogens is 437 g/mol. The first kappa shape index (κ1) is 20.2. The Morgan fingerprint density at radius 2 is 2.03 bits per heavy atom. The SMILES string of the molecule is COC(=O)CC1Sc2nnc(-c3ccc(F)cc3)n2N=C1c1ccc2c(c1)NC(=O)CO2. The molecule has 2 aromatic carbocycles. The van der Waals surface area contributed by atoms with Gasteiger partial charge in [-0.3, -0.25) is 9.59 Å². The van der Waals surface area contributed by atoms with Gasteiger partial charge < -0.3 is 14.8 Å². The minimum absolute atomic E-state index is 0.0425. The number of ether oxygens (including phenoxy) is 2. The highest BCUT2D eigenvalue weighted by Crippen LogP contribution is 2.36. The Hall–Kier alpha value is -3.73. The van der Waals surface area contributed by atoms with Gasteiger partial charge >= 0.3 is 5.97 Å². The molecule has 3 aromatic rings. The van der Waals surface area contributed by atoms with E-state index in [2.05, 4.69) is 15.5 Å². The van der Waals surface area contributed by atoms with E-state index in [1.165, 1.54) is 31.0 Å². The van der Waals surface area contributed by atoms with E-state index in [0.29, 0.717) is 39.3 Å². The number of amides is 1. The summed E-state index contributed by atoms with van der Waals surface area (Å²) in [5, 5.41) is 16.0. The van der Waals surface area contributed by atoms with Gasteiger partial charge in [0.05, 0.1) is 30.2 Å². The number of nitrogens with one attached hydrogen (secondary N) is 1. The fraction of sp³-hybridized carbons (Fsp3) is 0.190. The molecule has 1 amide bonds. The molecule has 0 aliphatic carbocycles. The molecule has 0 radical (unpaired) electrons. The zero-order chi connectivity index (χ0) is 22.2. The number of nitrogens with zero attached hydrogens (tertiary/aromatic N) is 4. The number of carbonyl (C=O) groups is 2. The van der Waals surface area contributed by atoms with Crippen LogP contribution in [0.25, 0.3) is 11.4 Å². The van der Waals surface area contributed by atoms with Gasteiger partial charge in [-0.25, -0.2) is 4.39 Å². The molecule has 5 rings (SSSR count). The summed E-state index contributed by atoms with van der Waals surface area (Å²) in [6.07, 6.45) is 0.0681. The number of esters is 1. The summed E-state index contributed by atoms with van der Waals surface area (Å²) in [4.78, 5) is 23.8. The molecule has 0 saturated carbocycles. The molecule has 1 N–H and O–H groups in total. The monoisotopic (exact) mass is 453 g/mol. The number of benzene rings is 2. The Bertz CT molecular complexity index is 1260. The molecule has 1 unspecified atom stereocenters. The van der Waals surface area contributed by atoms with E-state index in [1.54, 1.807) is 28.9 Å². The molecule has 1 aromatic heterocycles. The van der Waals surface area contributed by atoms with Crippen LogP contribution in [0.15, 0.2) is 52.7 Å². The predicted molar refractivity (Wildman–Crippen MR) is 114 cm³/mol. The van der Waals surface area contributed by atoms with Crippen LogP contribution in [0.4, 0.5) is 10.1 Å². The molecule has 0 bridgehead atoms. The lowest BCUT2D eigenvalue weighted by atomic mass is 10.0. The molecule has 0 saturated heterocycles. The van der Waals surface area contributed by atoms with Crippen LogP contribution in [0.3, 0.4) is 0 Å². The van der Waals surface area contributed by atoms with Crippen molar-refractivity contribution in [1.29, 1.82) is 0 Å². The number of fused-ring (bicyclic) bond motifs is 2. The van der Waals surface area contributed by atoms with E-state index >= 15 is 0 Å². The standard InChI is InChI=1S/C21H16FN5O4S/c1-30-18(29)9-16-19(12-4-7-15-14(8-12)23-17(28)10-31-15)26-27-20(24-25-21(27)32-16)11-2-5-13(22)6-3-11/h2-8,16H,9-10H2,1H3,(H,23,28). The van der Waals surface area contributed by atoms with Crippen LogP contribution in [0.1, 0.15) is 12.0 Å². The van der Waals surface area contributed by atoms with Crippen molar-refractivity contribution in [1.82, 2.24) is 14.9 Å². The van der Waals surface area contributed by atoms with Crippen LogP contribution in [-0.2, 0) is 14.3 Å². The second-order valence-electron chi connectivity index (χ2n) is 7.04. The number of anilines is 1. The second kappa shape index (κ2) is 8.08. The number of methoxy groups -OCH3 is 1. The first-order valence-corrected chi connectivity index (χ1v) is 10.5. The van der Waals surface area contributed by atoms with E-state index in [9.17, 15) is 14.0 Å². The lowest BCUT2D eigenvalue weighted by Crippen LogP contribution is -2.29. The quantitative estimate of drug-likeness (QED) is 0.605. The summed E-state index contributed by atoms with van der Waals surface area (Å²) in [5.41, 5.74) is 2.45. The van der Waals surface area contributed by atoms with E-state index in [0.717, 1.165) is 0 Å². The Morgan fingerprint density at radius 1 is 1.25 bits per heavy atom. The van der Waals surface area contributed by atoms with Crippen molar-refractivity contribution in [2.45, 2.75) is 16.8 Å². The Kier molecular flexibility index (Phi) is 5.10. The number of halogens is 1. The average molecular weight is 453 g/mol. The van der Waals surface area contributed by atoms with Crippen LogP contribution in [0.5, 0.6) is 5.75 Å². The van der Waals surface area contributed by atoms with E-state index in [4.69, 9.17) is 14.6 Å². The molecule has 11 heteroatoms. The largest absolute Gasteiger partial charge is 0.482 e. The zero-order valence-electron chi connectivity index (χ0n) is 16.7. The summed E-state index contributed by atoms with van der Waals surface area (Å²) in [7, 11) is 1.33. The van der Waals surface area contributed by atoms with Crippen LogP contribution < -0.4 is 10.1 Å². The lowest BCUT2D eigenvalue weighted by molar-refractivity contribution is -0.140. The minimum Gasteiger partial charge on any atom is -0.482 e. The first-order valence-electron chi connectivity index (χ1n) is 9.62. The topological polar surface area (TPSA) is 108 Å². The Balaban J connectivity index is 1.60. The van der Waals surface area contributed by atoms with Crippen LogP contribution in [0, 0.1) is 5.82 Å². The molecule has 3 heterocycles.